The van der Waals surface area contributed by atoms with Gasteiger partial charge >= 0.3 is 0 Å². The molecule has 0 radical (unpaired) electrons. The van der Waals surface area contributed by atoms with E-state index in [1.807, 2.05) is 0 Å². The first-order valence-electron chi connectivity index (χ1n) is 4.52. The van der Waals surface area contributed by atoms with Gasteiger partial charge in [-0.25, -0.2) is 0 Å². The number of rotatable bonds is 2. The molecule has 0 spiro atoms. The Morgan fingerprint density at radius 1 is 1.60 bits per heavy atom. The zero-order valence-electron chi connectivity index (χ0n) is 8.05. The highest BCUT2D eigenvalue weighted by Gasteiger charge is 2.31. The van der Waals surface area contributed by atoms with E-state index in [4.69, 9.17) is 6.42 Å². The highest BCUT2D eigenvalue weighted by atomic mass is 16.4. The van der Waals surface area contributed by atoms with Crippen molar-refractivity contribution in [3.8, 4) is 12.3 Å². The number of aliphatic hydroxyl groups excluding tert-OH is 3. The lowest BCUT2D eigenvalue weighted by atomic mass is 9.92. The van der Waals surface area contributed by atoms with Crippen LogP contribution in [0.3, 0.4) is 0 Å². The van der Waals surface area contributed by atoms with E-state index in [1.165, 1.54) is 6.08 Å². The van der Waals surface area contributed by atoms with E-state index in [-0.39, 0.29) is 18.5 Å². The number of aliphatic hydroxyl groups is 3. The van der Waals surface area contributed by atoms with E-state index >= 15 is 0 Å². The number of terminal acetylenes is 1. The minimum Gasteiger partial charge on any atom is -0.390 e. The van der Waals surface area contributed by atoms with Crippen molar-refractivity contribution in [1.82, 2.24) is 5.32 Å². The van der Waals surface area contributed by atoms with Gasteiger partial charge in [-0.15, -0.1) is 6.42 Å². The lowest BCUT2D eigenvalue weighted by Crippen LogP contribution is -2.42. The summed E-state index contributed by atoms with van der Waals surface area (Å²) in [6.45, 7) is 0.0882. The van der Waals surface area contributed by atoms with Crippen molar-refractivity contribution in [2.24, 2.45) is 0 Å². The second-order valence-electron chi connectivity index (χ2n) is 3.33. The average molecular weight is 211 g/mol. The summed E-state index contributed by atoms with van der Waals surface area (Å²) < 4.78 is 0. The van der Waals surface area contributed by atoms with Crippen LogP contribution in [0.2, 0.25) is 0 Å². The van der Waals surface area contributed by atoms with Gasteiger partial charge in [0.25, 0.3) is 0 Å². The molecule has 82 valence electrons. The van der Waals surface area contributed by atoms with Gasteiger partial charge in [-0.05, 0) is 6.08 Å². The van der Waals surface area contributed by atoms with Gasteiger partial charge in [0.15, 0.2) is 0 Å². The zero-order valence-corrected chi connectivity index (χ0v) is 8.05. The van der Waals surface area contributed by atoms with Gasteiger partial charge in [0.05, 0.1) is 12.6 Å². The SMILES string of the molecule is C#CCNC(=O)C1=C[C@@H](O)[C@@H](O)[C@H](O)C1. The predicted octanol–water partition coefficient (Wildman–Crippen LogP) is -1.85. The van der Waals surface area contributed by atoms with Gasteiger partial charge in [0, 0.05) is 12.0 Å². The van der Waals surface area contributed by atoms with E-state index in [0.29, 0.717) is 0 Å². The van der Waals surface area contributed by atoms with Crippen molar-refractivity contribution in [2.75, 3.05) is 6.54 Å². The lowest BCUT2D eigenvalue weighted by Gasteiger charge is -2.26. The second-order valence-corrected chi connectivity index (χ2v) is 3.33. The topological polar surface area (TPSA) is 89.8 Å². The normalized spacial score (nSPS) is 30.3. The van der Waals surface area contributed by atoms with Crippen LogP contribution in [0.4, 0.5) is 0 Å². The van der Waals surface area contributed by atoms with Gasteiger partial charge in [-0.3, -0.25) is 4.79 Å². The van der Waals surface area contributed by atoms with Crippen LogP contribution in [0, 0.1) is 12.3 Å². The summed E-state index contributed by atoms with van der Waals surface area (Å²) >= 11 is 0. The van der Waals surface area contributed by atoms with Gasteiger partial charge < -0.3 is 20.6 Å². The maximum absolute atomic E-state index is 11.4. The van der Waals surface area contributed by atoms with Gasteiger partial charge in [0.2, 0.25) is 5.91 Å². The Labute approximate surface area is 87.4 Å². The van der Waals surface area contributed by atoms with Crippen LogP contribution in [0.1, 0.15) is 6.42 Å². The lowest BCUT2D eigenvalue weighted by molar-refractivity contribution is -0.118. The predicted molar refractivity (Wildman–Crippen MR) is 52.6 cm³/mol. The molecular formula is C10H13NO4. The first kappa shape index (κ1) is 11.7. The third kappa shape index (κ3) is 2.80. The van der Waals surface area contributed by atoms with E-state index in [2.05, 4.69) is 11.2 Å². The molecule has 0 aromatic heterocycles. The minimum absolute atomic E-state index is 0.00856. The summed E-state index contributed by atoms with van der Waals surface area (Å²) in [5.74, 6) is 1.80. The molecule has 0 fully saturated rings. The van der Waals surface area contributed by atoms with Crippen molar-refractivity contribution >= 4 is 5.91 Å². The first-order chi connectivity index (χ1) is 7.06. The molecule has 1 rings (SSSR count). The fraction of sp³-hybridized carbons (Fsp3) is 0.500. The van der Waals surface area contributed by atoms with Crippen molar-refractivity contribution < 1.29 is 20.1 Å². The zero-order chi connectivity index (χ0) is 11.4. The molecule has 3 atom stereocenters. The molecule has 1 aliphatic rings. The van der Waals surface area contributed by atoms with E-state index in [9.17, 15) is 20.1 Å². The summed E-state index contributed by atoms with van der Waals surface area (Å²) in [4.78, 5) is 11.4. The molecule has 0 unspecified atom stereocenters. The Morgan fingerprint density at radius 2 is 2.27 bits per heavy atom. The van der Waals surface area contributed by atoms with Crippen LogP contribution < -0.4 is 5.32 Å². The number of nitrogens with one attached hydrogen (secondary N) is 1. The minimum atomic E-state index is -1.24. The molecule has 0 aliphatic heterocycles. The van der Waals surface area contributed by atoms with E-state index in [1.54, 1.807) is 0 Å². The Kier molecular flexibility index (Phi) is 3.86. The molecule has 4 N–H and O–H groups in total. The molecule has 0 saturated carbocycles. The summed E-state index contributed by atoms with van der Waals surface area (Å²) in [5.41, 5.74) is 0.232. The molecule has 0 bridgehead atoms. The Hall–Kier alpha value is -1.35. The van der Waals surface area contributed by atoms with Crippen LogP contribution in [-0.4, -0.2) is 46.1 Å². The summed E-state index contributed by atoms with van der Waals surface area (Å²) in [5, 5.41) is 30.2. The number of carbonyl (C=O) groups excluding carboxylic acids is 1. The number of hydrogen-bond acceptors (Lipinski definition) is 4. The van der Waals surface area contributed by atoms with Crippen LogP contribution in [0.25, 0.3) is 0 Å². The fourth-order valence-corrected chi connectivity index (χ4v) is 1.36. The smallest absolute Gasteiger partial charge is 0.247 e. The summed E-state index contributed by atoms with van der Waals surface area (Å²) in [6.07, 6.45) is 2.60. The highest BCUT2D eigenvalue weighted by molar-refractivity contribution is 5.93. The van der Waals surface area contributed by atoms with Crippen LogP contribution in [0.5, 0.6) is 0 Å². The van der Waals surface area contributed by atoms with Crippen LogP contribution in [0.15, 0.2) is 11.6 Å². The monoisotopic (exact) mass is 211 g/mol. The maximum atomic E-state index is 11.4. The van der Waals surface area contributed by atoms with Crippen molar-refractivity contribution in [1.29, 1.82) is 0 Å². The molecule has 5 nitrogen and oxygen atoms in total. The Morgan fingerprint density at radius 3 is 2.80 bits per heavy atom. The van der Waals surface area contributed by atoms with Crippen LogP contribution >= 0.6 is 0 Å². The average Bonchev–Trinajstić information content (AvgIpc) is 2.21. The fourth-order valence-electron chi connectivity index (χ4n) is 1.36. The quantitative estimate of drug-likeness (QED) is 0.404. The van der Waals surface area contributed by atoms with Crippen molar-refractivity contribution in [3.05, 3.63) is 11.6 Å². The third-order valence-corrected chi connectivity index (χ3v) is 2.19. The number of carbonyl (C=O) groups is 1. The summed E-state index contributed by atoms with van der Waals surface area (Å²) in [6, 6.07) is 0. The maximum Gasteiger partial charge on any atom is 0.247 e. The molecule has 0 aromatic rings. The molecule has 5 heteroatoms. The molecular weight excluding hydrogens is 198 g/mol. The van der Waals surface area contributed by atoms with Gasteiger partial charge in [0.1, 0.15) is 12.2 Å². The number of hydrogen-bond donors (Lipinski definition) is 4. The van der Waals surface area contributed by atoms with Gasteiger partial charge in [-0.2, -0.15) is 0 Å². The Bertz CT molecular complexity index is 318. The van der Waals surface area contributed by atoms with E-state index in [0.717, 1.165) is 0 Å². The standard InChI is InChI=1S/C10H13NO4/c1-2-3-11-10(15)6-4-7(12)9(14)8(13)5-6/h1,4,7-9,12-14H,3,5H2,(H,11,15)/t7-,8-,9-/m1/s1. The molecule has 0 aromatic carbocycles. The summed E-state index contributed by atoms with van der Waals surface area (Å²) in [7, 11) is 0. The van der Waals surface area contributed by atoms with Gasteiger partial charge in [-0.1, -0.05) is 5.92 Å². The van der Waals surface area contributed by atoms with Crippen molar-refractivity contribution in [3.63, 3.8) is 0 Å². The molecule has 15 heavy (non-hydrogen) atoms. The number of amides is 1. The van der Waals surface area contributed by atoms with E-state index < -0.39 is 24.2 Å². The molecule has 0 saturated heterocycles. The highest BCUT2D eigenvalue weighted by Crippen LogP contribution is 2.19. The largest absolute Gasteiger partial charge is 0.390 e. The Balaban J connectivity index is 2.67. The first-order valence-corrected chi connectivity index (χ1v) is 4.52. The van der Waals surface area contributed by atoms with Crippen molar-refractivity contribution in [2.45, 2.75) is 24.7 Å². The third-order valence-electron chi connectivity index (χ3n) is 2.19. The molecule has 1 amide bonds. The second kappa shape index (κ2) is 4.94. The van der Waals surface area contributed by atoms with Crippen LogP contribution in [-0.2, 0) is 4.79 Å². The molecule has 0 heterocycles. The molecule has 1 aliphatic carbocycles.